The van der Waals surface area contributed by atoms with Gasteiger partial charge in [0.1, 0.15) is 0 Å². The van der Waals surface area contributed by atoms with Crippen molar-refractivity contribution < 1.29 is 9.47 Å². The van der Waals surface area contributed by atoms with E-state index in [4.69, 9.17) is 21.1 Å². The molecule has 1 heterocycles. The highest BCUT2D eigenvalue weighted by atomic mass is 35.5. The van der Waals surface area contributed by atoms with Crippen molar-refractivity contribution in [3.05, 3.63) is 16.1 Å². The highest BCUT2D eigenvalue weighted by Crippen LogP contribution is 2.14. The van der Waals surface area contributed by atoms with Crippen LogP contribution in [0.2, 0.25) is 0 Å². The van der Waals surface area contributed by atoms with Crippen LogP contribution in [-0.4, -0.2) is 56.4 Å². The van der Waals surface area contributed by atoms with Crippen molar-refractivity contribution in [2.45, 2.75) is 31.7 Å². The topological polar surface area (TPSA) is 34.6 Å². The van der Waals surface area contributed by atoms with Crippen LogP contribution in [0, 0.1) is 0 Å². The monoisotopic (exact) mass is 320 g/mol. The predicted molar refractivity (Wildman–Crippen MR) is 84.8 cm³/mol. The second kappa shape index (κ2) is 10.5. The zero-order chi connectivity index (χ0) is 14.8. The van der Waals surface area contributed by atoms with Gasteiger partial charge in [-0.2, -0.15) is 0 Å². The minimum Gasteiger partial charge on any atom is -0.383 e. The summed E-state index contributed by atoms with van der Waals surface area (Å²) in [6, 6.07) is 0.407. The fraction of sp³-hybridized carbons (Fsp3) is 0.786. The molecule has 0 spiro atoms. The summed E-state index contributed by atoms with van der Waals surface area (Å²) in [5, 5.41) is 3.21. The number of hydrogen-bond donors (Lipinski definition) is 0. The normalized spacial score (nSPS) is 13.1. The summed E-state index contributed by atoms with van der Waals surface area (Å²) in [4.78, 5) is 6.89. The first-order chi connectivity index (χ1) is 9.71. The molecule has 1 atom stereocenters. The van der Waals surface area contributed by atoms with Crippen LogP contribution in [-0.2, 0) is 21.8 Å². The number of nitrogens with zero attached hydrogens (tertiary/aromatic N) is 2. The molecule has 0 saturated heterocycles. The standard InChI is InChI=1S/C14H25ClN2O2S/c1-12(10-19-3)17(7-8-18-2)6-4-5-14-16-13(9-15)11-20-14/h11-12H,4-10H2,1-3H3. The third-order valence-corrected chi connectivity index (χ3v) is 4.42. The van der Waals surface area contributed by atoms with Gasteiger partial charge in [-0.1, -0.05) is 0 Å². The van der Waals surface area contributed by atoms with Gasteiger partial charge >= 0.3 is 0 Å². The van der Waals surface area contributed by atoms with Crippen LogP contribution >= 0.6 is 22.9 Å². The quantitative estimate of drug-likeness (QED) is 0.587. The van der Waals surface area contributed by atoms with Gasteiger partial charge in [0.25, 0.3) is 0 Å². The molecule has 20 heavy (non-hydrogen) atoms. The summed E-state index contributed by atoms with van der Waals surface area (Å²) in [5.74, 6) is 0.501. The number of ether oxygens (including phenoxy) is 2. The van der Waals surface area contributed by atoms with Crippen molar-refractivity contribution in [2.75, 3.05) is 40.5 Å². The Kier molecular flexibility index (Phi) is 9.39. The lowest BCUT2D eigenvalue weighted by molar-refractivity contribution is 0.0744. The Hall–Kier alpha value is -0.200. The van der Waals surface area contributed by atoms with E-state index in [2.05, 4.69) is 16.8 Å². The Balaban J connectivity index is 2.36. The molecular formula is C14H25ClN2O2S. The van der Waals surface area contributed by atoms with Crippen LogP contribution in [0.25, 0.3) is 0 Å². The van der Waals surface area contributed by atoms with Crippen LogP contribution < -0.4 is 0 Å². The van der Waals surface area contributed by atoms with E-state index in [1.165, 1.54) is 5.01 Å². The van der Waals surface area contributed by atoms with E-state index in [0.29, 0.717) is 11.9 Å². The van der Waals surface area contributed by atoms with Crippen LogP contribution in [0.5, 0.6) is 0 Å². The van der Waals surface area contributed by atoms with Crippen molar-refractivity contribution in [1.82, 2.24) is 9.88 Å². The van der Waals surface area contributed by atoms with Gasteiger partial charge in [0.05, 0.1) is 29.8 Å². The predicted octanol–water partition coefficient (Wildman–Crippen LogP) is 2.80. The first-order valence-electron chi connectivity index (χ1n) is 6.92. The molecule has 1 aromatic rings. The molecule has 0 aliphatic rings. The van der Waals surface area contributed by atoms with E-state index < -0.39 is 0 Å². The van der Waals surface area contributed by atoms with Crippen LogP contribution in [0.3, 0.4) is 0 Å². The van der Waals surface area contributed by atoms with Crippen molar-refractivity contribution in [1.29, 1.82) is 0 Å². The molecule has 0 N–H and O–H groups in total. The summed E-state index contributed by atoms with van der Waals surface area (Å²) in [6.45, 7) is 5.66. The SMILES string of the molecule is COCCN(CCCc1nc(CCl)cs1)C(C)COC. The maximum absolute atomic E-state index is 5.77. The second-order valence-corrected chi connectivity index (χ2v) is 6.01. The summed E-state index contributed by atoms with van der Waals surface area (Å²) >= 11 is 7.47. The molecular weight excluding hydrogens is 296 g/mol. The van der Waals surface area contributed by atoms with E-state index in [-0.39, 0.29) is 0 Å². The number of rotatable bonds is 11. The number of aromatic nitrogens is 1. The highest BCUT2D eigenvalue weighted by molar-refractivity contribution is 7.09. The Morgan fingerprint density at radius 2 is 2.15 bits per heavy atom. The van der Waals surface area contributed by atoms with E-state index >= 15 is 0 Å². The van der Waals surface area contributed by atoms with Gasteiger partial charge in [-0.05, 0) is 19.9 Å². The second-order valence-electron chi connectivity index (χ2n) is 4.80. The molecule has 0 saturated carbocycles. The average Bonchev–Trinajstić information content (AvgIpc) is 2.90. The Morgan fingerprint density at radius 1 is 1.35 bits per heavy atom. The zero-order valence-electron chi connectivity index (χ0n) is 12.6. The Bertz CT molecular complexity index is 363. The molecule has 1 rings (SSSR count). The number of hydrogen-bond acceptors (Lipinski definition) is 5. The van der Waals surface area contributed by atoms with Gasteiger partial charge in [0.15, 0.2) is 0 Å². The molecule has 0 fully saturated rings. The Labute approximate surface area is 131 Å². The number of aryl methyl sites for hydroxylation is 1. The molecule has 0 aliphatic carbocycles. The molecule has 0 aromatic carbocycles. The van der Waals surface area contributed by atoms with Gasteiger partial charge < -0.3 is 9.47 Å². The maximum atomic E-state index is 5.77. The van der Waals surface area contributed by atoms with E-state index in [9.17, 15) is 0 Å². The van der Waals surface area contributed by atoms with Gasteiger partial charge in [-0.3, -0.25) is 4.90 Å². The number of halogens is 1. The average molecular weight is 321 g/mol. The van der Waals surface area contributed by atoms with Crippen molar-refractivity contribution in [2.24, 2.45) is 0 Å². The molecule has 1 unspecified atom stereocenters. The van der Waals surface area contributed by atoms with Crippen LogP contribution in [0.1, 0.15) is 24.0 Å². The van der Waals surface area contributed by atoms with Crippen LogP contribution in [0.15, 0.2) is 5.38 Å². The number of methoxy groups -OCH3 is 2. The highest BCUT2D eigenvalue weighted by Gasteiger charge is 2.13. The lowest BCUT2D eigenvalue weighted by Crippen LogP contribution is -2.39. The van der Waals surface area contributed by atoms with Crippen molar-refractivity contribution in [3.63, 3.8) is 0 Å². The molecule has 0 radical (unpaired) electrons. The summed E-state index contributed by atoms with van der Waals surface area (Å²) < 4.78 is 10.4. The summed E-state index contributed by atoms with van der Waals surface area (Å²) in [6.07, 6.45) is 2.09. The minimum absolute atomic E-state index is 0.407. The van der Waals surface area contributed by atoms with E-state index in [0.717, 1.165) is 44.8 Å². The fourth-order valence-corrected chi connectivity index (χ4v) is 3.13. The summed E-state index contributed by atoms with van der Waals surface area (Å²) in [5.41, 5.74) is 0.982. The van der Waals surface area contributed by atoms with Gasteiger partial charge in [-0.15, -0.1) is 22.9 Å². The molecule has 6 heteroatoms. The molecule has 0 amide bonds. The first kappa shape index (κ1) is 17.9. The van der Waals surface area contributed by atoms with Crippen molar-refractivity contribution in [3.8, 4) is 0 Å². The third-order valence-electron chi connectivity index (χ3n) is 3.19. The zero-order valence-corrected chi connectivity index (χ0v) is 14.2. The molecule has 0 aliphatic heterocycles. The number of thiazole rings is 1. The molecule has 0 bridgehead atoms. The first-order valence-corrected chi connectivity index (χ1v) is 8.33. The maximum Gasteiger partial charge on any atom is 0.0929 e. The largest absolute Gasteiger partial charge is 0.383 e. The third kappa shape index (κ3) is 6.50. The fourth-order valence-electron chi connectivity index (χ4n) is 2.07. The number of alkyl halides is 1. The van der Waals surface area contributed by atoms with Gasteiger partial charge in [-0.25, -0.2) is 4.98 Å². The lowest BCUT2D eigenvalue weighted by Gasteiger charge is -2.28. The summed E-state index contributed by atoms with van der Waals surface area (Å²) in [7, 11) is 3.48. The lowest BCUT2D eigenvalue weighted by atomic mass is 10.2. The van der Waals surface area contributed by atoms with E-state index in [1.54, 1.807) is 25.6 Å². The smallest absolute Gasteiger partial charge is 0.0929 e. The van der Waals surface area contributed by atoms with Gasteiger partial charge in [0, 0.05) is 38.6 Å². The Morgan fingerprint density at radius 3 is 2.75 bits per heavy atom. The van der Waals surface area contributed by atoms with Crippen LogP contribution in [0.4, 0.5) is 0 Å². The molecule has 1 aromatic heterocycles. The van der Waals surface area contributed by atoms with Gasteiger partial charge in [0.2, 0.25) is 0 Å². The van der Waals surface area contributed by atoms with Crippen molar-refractivity contribution >= 4 is 22.9 Å². The molecule has 4 nitrogen and oxygen atoms in total. The van der Waals surface area contributed by atoms with E-state index in [1.807, 2.05) is 5.38 Å². The minimum atomic E-state index is 0.407. The molecule has 116 valence electrons.